The summed E-state index contributed by atoms with van der Waals surface area (Å²) in [5, 5.41) is 13.3. The van der Waals surface area contributed by atoms with Crippen LogP contribution < -0.4 is 0 Å². The molecule has 0 N–H and O–H groups in total. The van der Waals surface area contributed by atoms with Crippen LogP contribution in [0.1, 0.15) is 47.6 Å². The molecular weight excluding hydrogens is 240 g/mol. The van der Waals surface area contributed by atoms with Crippen molar-refractivity contribution in [2.45, 2.75) is 33.6 Å². The standard InChI is InChI=1S/C14H14N4O/c1-8-12-10(4-14(2,3)5-11(12)19)18-13(17-8)9(6-15)7-16-18/h7H,4-5H2,1-3H3. The van der Waals surface area contributed by atoms with Crippen LogP contribution in [0.2, 0.25) is 0 Å². The van der Waals surface area contributed by atoms with Crippen molar-refractivity contribution < 1.29 is 4.79 Å². The van der Waals surface area contributed by atoms with Crippen molar-refractivity contribution in [1.29, 1.82) is 5.26 Å². The molecule has 5 heteroatoms. The van der Waals surface area contributed by atoms with Gasteiger partial charge in [-0.1, -0.05) is 13.8 Å². The summed E-state index contributed by atoms with van der Waals surface area (Å²) in [4.78, 5) is 16.7. The third-order valence-electron chi connectivity index (χ3n) is 3.61. The fraction of sp³-hybridized carbons (Fsp3) is 0.429. The van der Waals surface area contributed by atoms with E-state index in [9.17, 15) is 4.79 Å². The van der Waals surface area contributed by atoms with Gasteiger partial charge in [0.05, 0.1) is 23.1 Å². The molecule has 1 aliphatic carbocycles. The third kappa shape index (κ3) is 1.64. The topological polar surface area (TPSA) is 71.1 Å². The van der Waals surface area contributed by atoms with E-state index in [0.717, 1.165) is 12.1 Å². The average molecular weight is 254 g/mol. The Morgan fingerprint density at radius 1 is 1.42 bits per heavy atom. The van der Waals surface area contributed by atoms with E-state index in [4.69, 9.17) is 5.26 Å². The van der Waals surface area contributed by atoms with E-state index in [1.54, 1.807) is 4.52 Å². The maximum absolute atomic E-state index is 12.3. The van der Waals surface area contributed by atoms with Gasteiger partial charge in [-0.25, -0.2) is 9.50 Å². The molecule has 1 aliphatic rings. The number of nitriles is 1. The molecule has 0 spiro atoms. The molecule has 0 unspecified atom stereocenters. The first kappa shape index (κ1) is 11.8. The monoisotopic (exact) mass is 254 g/mol. The lowest BCUT2D eigenvalue weighted by molar-refractivity contribution is 0.0907. The number of carbonyl (C=O) groups excluding carboxylic acids is 1. The highest BCUT2D eigenvalue weighted by atomic mass is 16.1. The molecule has 0 aromatic carbocycles. The minimum atomic E-state index is -0.0798. The number of hydrogen-bond donors (Lipinski definition) is 0. The quantitative estimate of drug-likeness (QED) is 0.721. The van der Waals surface area contributed by atoms with E-state index < -0.39 is 0 Å². The van der Waals surface area contributed by atoms with Crippen LogP contribution in [0.5, 0.6) is 0 Å². The number of nitrogens with zero attached hydrogens (tertiary/aromatic N) is 4. The van der Waals surface area contributed by atoms with Gasteiger partial charge in [0, 0.05) is 6.42 Å². The number of fused-ring (bicyclic) bond motifs is 3. The zero-order valence-corrected chi connectivity index (χ0v) is 11.2. The van der Waals surface area contributed by atoms with Crippen molar-refractivity contribution in [3.63, 3.8) is 0 Å². The van der Waals surface area contributed by atoms with Gasteiger partial charge in [0.15, 0.2) is 11.4 Å². The van der Waals surface area contributed by atoms with Crippen LogP contribution in [0, 0.1) is 23.7 Å². The molecule has 0 bridgehead atoms. The van der Waals surface area contributed by atoms with E-state index >= 15 is 0 Å². The molecule has 0 saturated carbocycles. The summed E-state index contributed by atoms with van der Waals surface area (Å²) < 4.78 is 1.65. The van der Waals surface area contributed by atoms with E-state index in [0.29, 0.717) is 28.9 Å². The minimum absolute atomic E-state index is 0.0798. The summed E-state index contributed by atoms with van der Waals surface area (Å²) in [5.41, 5.74) is 3.17. The van der Waals surface area contributed by atoms with Gasteiger partial charge in [0.1, 0.15) is 11.6 Å². The number of rotatable bonds is 0. The zero-order valence-electron chi connectivity index (χ0n) is 11.2. The summed E-state index contributed by atoms with van der Waals surface area (Å²) >= 11 is 0. The number of aryl methyl sites for hydroxylation is 1. The molecule has 0 atom stereocenters. The fourth-order valence-electron chi connectivity index (χ4n) is 2.82. The van der Waals surface area contributed by atoms with Gasteiger partial charge >= 0.3 is 0 Å². The number of carbonyl (C=O) groups is 1. The van der Waals surface area contributed by atoms with Crippen molar-refractivity contribution in [2.75, 3.05) is 0 Å². The Labute approximate surface area is 110 Å². The number of hydrogen-bond acceptors (Lipinski definition) is 4. The molecule has 0 radical (unpaired) electrons. The van der Waals surface area contributed by atoms with Crippen LogP contribution in [0.4, 0.5) is 0 Å². The maximum atomic E-state index is 12.3. The van der Waals surface area contributed by atoms with E-state index in [-0.39, 0.29) is 11.2 Å². The van der Waals surface area contributed by atoms with Gasteiger partial charge in [-0.3, -0.25) is 4.79 Å². The molecule has 0 amide bonds. The molecular formula is C14H14N4O. The summed E-state index contributed by atoms with van der Waals surface area (Å²) in [6.45, 7) is 5.97. The Hall–Kier alpha value is -2.22. The summed E-state index contributed by atoms with van der Waals surface area (Å²) in [6, 6.07) is 2.09. The normalized spacial score (nSPS) is 17.3. The first-order chi connectivity index (χ1) is 8.93. The Morgan fingerprint density at radius 3 is 2.84 bits per heavy atom. The largest absolute Gasteiger partial charge is 0.294 e. The van der Waals surface area contributed by atoms with Crippen molar-refractivity contribution in [2.24, 2.45) is 5.41 Å². The summed E-state index contributed by atoms with van der Waals surface area (Å²) in [7, 11) is 0. The van der Waals surface area contributed by atoms with Crippen molar-refractivity contribution in [3.05, 3.63) is 28.7 Å². The van der Waals surface area contributed by atoms with Crippen LogP contribution in [-0.2, 0) is 6.42 Å². The van der Waals surface area contributed by atoms with Crippen LogP contribution in [0.15, 0.2) is 6.20 Å². The van der Waals surface area contributed by atoms with Crippen LogP contribution in [-0.4, -0.2) is 20.4 Å². The van der Waals surface area contributed by atoms with E-state index in [1.807, 2.05) is 6.92 Å². The van der Waals surface area contributed by atoms with Crippen molar-refractivity contribution in [3.8, 4) is 6.07 Å². The highest BCUT2D eigenvalue weighted by Crippen LogP contribution is 2.35. The van der Waals surface area contributed by atoms with Gasteiger partial charge in [-0.05, 0) is 18.8 Å². The van der Waals surface area contributed by atoms with Gasteiger partial charge in [-0.2, -0.15) is 10.4 Å². The molecule has 2 aromatic heterocycles. The smallest absolute Gasteiger partial charge is 0.173 e. The Balaban J connectivity index is 2.39. The second-order valence-corrected chi connectivity index (χ2v) is 5.87. The SMILES string of the molecule is Cc1nc2c(C#N)cnn2c2c1C(=O)CC(C)(C)C2. The lowest BCUT2D eigenvalue weighted by Crippen LogP contribution is -2.30. The Kier molecular flexibility index (Phi) is 2.27. The first-order valence-electron chi connectivity index (χ1n) is 6.23. The van der Waals surface area contributed by atoms with Gasteiger partial charge in [-0.15, -0.1) is 0 Å². The number of aromatic nitrogens is 3. The van der Waals surface area contributed by atoms with Crippen LogP contribution >= 0.6 is 0 Å². The van der Waals surface area contributed by atoms with Gasteiger partial charge in [0.2, 0.25) is 0 Å². The molecule has 96 valence electrons. The molecule has 0 fully saturated rings. The first-order valence-corrected chi connectivity index (χ1v) is 6.23. The second-order valence-electron chi connectivity index (χ2n) is 5.87. The molecule has 2 heterocycles. The summed E-state index contributed by atoms with van der Waals surface area (Å²) in [6.07, 6.45) is 2.80. The Morgan fingerprint density at radius 2 is 2.16 bits per heavy atom. The highest BCUT2D eigenvalue weighted by Gasteiger charge is 2.34. The predicted octanol–water partition coefficient (Wildman–Crippen LogP) is 2.06. The average Bonchev–Trinajstić information content (AvgIpc) is 2.69. The van der Waals surface area contributed by atoms with Crippen LogP contribution in [0.25, 0.3) is 5.65 Å². The second kappa shape index (κ2) is 3.64. The maximum Gasteiger partial charge on any atom is 0.173 e. The van der Waals surface area contributed by atoms with Gasteiger partial charge < -0.3 is 0 Å². The van der Waals surface area contributed by atoms with Crippen molar-refractivity contribution in [1.82, 2.24) is 14.6 Å². The van der Waals surface area contributed by atoms with Gasteiger partial charge in [0.25, 0.3) is 0 Å². The minimum Gasteiger partial charge on any atom is -0.294 e. The molecule has 0 saturated heterocycles. The summed E-state index contributed by atoms with van der Waals surface area (Å²) in [5.74, 6) is 0.118. The highest BCUT2D eigenvalue weighted by molar-refractivity contribution is 5.99. The van der Waals surface area contributed by atoms with E-state index in [2.05, 4.69) is 30.0 Å². The number of Topliss-reactive ketones (excluding diaryl/α,β-unsaturated/α-hetero) is 1. The zero-order chi connectivity index (χ0) is 13.8. The Bertz CT molecular complexity index is 749. The molecule has 0 aliphatic heterocycles. The van der Waals surface area contributed by atoms with Crippen molar-refractivity contribution >= 4 is 11.4 Å². The lowest BCUT2D eigenvalue weighted by atomic mass is 9.75. The third-order valence-corrected chi connectivity index (χ3v) is 3.61. The molecule has 3 rings (SSSR count). The fourth-order valence-corrected chi connectivity index (χ4v) is 2.82. The number of ketones is 1. The molecule has 19 heavy (non-hydrogen) atoms. The van der Waals surface area contributed by atoms with E-state index in [1.165, 1.54) is 6.20 Å². The predicted molar refractivity (Wildman–Crippen MR) is 68.9 cm³/mol. The molecule has 2 aromatic rings. The molecule has 5 nitrogen and oxygen atoms in total. The van der Waals surface area contributed by atoms with Crippen LogP contribution in [0.3, 0.4) is 0 Å². The lowest BCUT2D eigenvalue weighted by Gasteiger charge is -2.30.